The lowest BCUT2D eigenvalue weighted by molar-refractivity contribution is -0.113. The fraction of sp³-hybridized carbons (Fsp3) is 0.364. The summed E-state index contributed by atoms with van der Waals surface area (Å²) in [6.45, 7) is 7.33. The van der Waals surface area contributed by atoms with Crippen molar-refractivity contribution in [2.24, 2.45) is 0 Å². The van der Waals surface area contributed by atoms with Crippen molar-refractivity contribution in [2.75, 3.05) is 0 Å². The van der Waals surface area contributed by atoms with Crippen LogP contribution < -0.4 is 0 Å². The Morgan fingerprint density at radius 1 is 1.13 bits per heavy atom. The SMILES string of the molecule is C=C(C)/C(=C\C=C(/C)C(F)(F)F)C(C)=O. The molecule has 0 atom stereocenters. The Morgan fingerprint density at radius 2 is 1.60 bits per heavy atom. The molecule has 0 heterocycles. The maximum atomic E-state index is 12.1. The van der Waals surface area contributed by atoms with E-state index in [0.29, 0.717) is 5.57 Å². The van der Waals surface area contributed by atoms with Gasteiger partial charge in [-0.1, -0.05) is 18.7 Å². The molecule has 84 valence electrons. The lowest BCUT2D eigenvalue weighted by Gasteiger charge is -2.05. The number of allylic oxidation sites excluding steroid dienone is 5. The molecule has 0 N–H and O–H groups in total. The van der Waals surface area contributed by atoms with E-state index in [-0.39, 0.29) is 11.4 Å². The lowest BCUT2D eigenvalue weighted by atomic mass is 10.0. The van der Waals surface area contributed by atoms with Gasteiger partial charge in [-0.05, 0) is 26.3 Å². The summed E-state index contributed by atoms with van der Waals surface area (Å²) in [5.41, 5.74) is -0.0881. The quantitative estimate of drug-likeness (QED) is 0.522. The van der Waals surface area contributed by atoms with Crippen LogP contribution in [0.4, 0.5) is 13.2 Å². The molecule has 15 heavy (non-hydrogen) atoms. The third kappa shape index (κ3) is 4.63. The molecule has 0 spiro atoms. The summed E-state index contributed by atoms with van der Waals surface area (Å²) in [6.07, 6.45) is -2.33. The van der Waals surface area contributed by atoms with Crippen LogP contribution in [-0.4, -0.2) is 12.0 Å². The van der Waals surface area contributed by atoms with Gasteiger partial charge in [-0.15, -0.1) is 0 Å². The molecule has 0 aromatic rings. The Labute approximate surface area is 87.0 Å². The number of hydrogen-bond donors (Lipinski definition) is 0. The minimum atomic E-state index is -4.35. The summed E-state index contributed by atoms with van der Waals surface area (Å²) in [7, 11) is 0. The molecule has 0 saturated heterocycles. The molecule has 0 amide bonds. The maximum Gasteiger partial charge on any atom is 0.412 e. The van der Waals surface area contributed by atoms with Crippen LogP contribution in [0.3, 0.4) is 0 Å². The molecule has 0 aliphatic rings. The van der Waals surface area contributed by atoms with Crippen LogP contribution >= 0.6 is 0 Å². The van der Waals surface area contributed by atoms with Crippen LogP contribution in [0, 0.1) is 0 Å². The minimum absolute atomic E-state index is 0.207. The molecule has 1 nitrogen and oxygen atoms in total. The Morgan fingerprint density at radius 3 is 1.87 bits per heavy atom. The second-order valence-corrected chi connectivity index (χ2v) is 3.26. The van der Waals surface area contributed by atoms with Gasteiger partial charge >= 0.3 is 6.18 Å². The highest BCUT2D eigenvalue weighted by molar-refractivity contribution is 5.97. The van der Waals surface area contributed by atoms with Crippen molar-refractivity contribution in [3.63, 3.8) is 0 Å². The Kier molecular flexibility index (Phi) is 4.52. The summed E-state index contributed by atoms with van der Waals surface area (Å²) in [5.74, 6) is -0.297. The minimum Gasteiger partial charge on any atom is -0.295 e. The predicted octanol–water partition coefficient (Wildman–Crippen LogP) is 3.59. The first-order chi connectivity index (χ1) is 6.66. The first-order valence-electron chi connectivity index (χ1n) is 4.29. The third-order valence-corrected chi connectivity index (χ3v) is 1.79. The number of ketones is 1. The largest absolute Gasteiger partial charge is 0.412 e. The molecule has 0 saturated carbocycles. The van der Waals surface area contributed by atoms with Crippen LogP contribution in [0.5, 0.6) is 0 Å². The van der Waals surface area contributed by atoms with E-state index in [9.17, 15) is 18.0 Å². The van der Waals surface area contributed by atoms with E-state index in [1.165, 1.54) is 6.92 Å². The average Bonchev–Trinajstić information content (AvgIpc) is 2.00. The smallest absolute Gasteiger partial charge is 0.295 e. The van der Waals surface area contributed by atoms with E-state index in [1.54, 1.807) is 6.92 Å². The summed E-state index contributed by atoms with van der Waals surface area (Å²) in [4.78, 5) is 11.0. The number of halogens is 3. The van der Waals surface area contributed by atoms with Crippen molar-refractivity contribution in [1.82, 2.24) is 0 Å². The summed E-state index contributed by atoms with van der Waals surface area (Å²) in [5, 5.41) is 0. The highest BCUT2D eigenvalue weighted by Gasteiger charge is 2.29. The van der Waals surface area contributed by atoms with Crippen molar-refractivity contribution >= 4 is 5.78 Å². The lowest BCUT2D eigenvalue weighted by Crippen LogP contribution is -2.08. The van der Waals surface area contributed by atoms with E-state index in [0.717, 1.165) is 19.1 Å². The van der Waals surface area contributed by atoms with Gasteiger partial charge in [-0.2, -0.15) is 13.2 Å². The second-order valence-electron chi connectivity index (χ2n) is 3.26. The van der Waals surface area contributed by atoms with Gasteiger partial charge in [0.2, 0.25) is 0 Å². The summed E-state index contributed by atoms with van der Waals surface area (Å²) in [6, 6.07) is 0. The number of carbonyl (C=O) groups is 1. The second kappa shape index (κ2) is 4.96. The van der Waals surface area contributed by atoms with Crippen LogP contribution in [0.1, 0.15) is 20.8 Å². The Bertz CT molecular complexity index is 316. The zero-order valence-corrected chi connectivity index (χ0v) is 8.90. The summed E-state index contributed by atoms with van der Waals surface area (Å²) >= 11 is 0. The van der Waals surface area contributed by atoms with Crippen molar-refractivity contribution < 1.29 is 18.0 Å². The molecule has 0 aromatic heterocycles. The number of alkyl halides is 3. The predicted molar refractivity (Wildman–Crippen MR) is 53.4 cm³/mol. The molecule has 0 aliphatic carbocycles. The van der Waals surface area contributed by atoms with Crippen LogP contribution in [0.25, 0.3) is 0 Å². The molecule has 0 fully saturated rings. The van der Waals surface area contributed by atoms with Gasteiger partial charge in [-0.25, -0.2) is 0 Å². The molecule has 0 rings (SSSR count). The molecule has 0 aromatic carbocycles. The molecule has 0 aliphatic heterocycles. The fourth-order valence-electron chi connectivity index (χ4n) is 0.863. The van der Waals surface area contributed by atoms with Crippen LogP contribution in [0.2, 0.25) is 0 Å². The van der Waals surface area contributed by atoms with Gasteiger partial charge < -0.3 is 0 Å². The molecule has 4 heteroatoms. The van der Waals surface area contributed by atoms with Crippen molar-refractivity contribution in [2.45, 2.75) is 26.9 Å². The number of rotatable bonds is 3. The van der Waals surface area contributed by atoms with Gasteiger partial charge in [0.15, 0.2) is 5.78 Å². The zero-order chi connectivity index (χ0) is 12.2. The molecule has 0 radical (unpaired) electrons. The monoisotopic (exact) mass is 218 g/mol. The molecule has 0 bridgehead atoms. The summed E-state index contributed by atoms with van der Waals surface area (Å²) < 4.78 is 36.3. The number of Topliss-reactive ketones (excluding diaryl/α,β-unsaturated/α-hetero) is 1. The van der Waals surface area contributed by atoms with Gasteiger partial charge in [0, 0.05) is 11.1 Å². The van der Waals surface area contributed by atoms with Crippen molar-refractivity contribution in [3.05, 3.63) is 35.5 Å². The first-order valence-corrected chi connectivity index (χ1v) is 4.29. The number of hydrogen-bond acceptors (Lipinski definition) is 1. The van der Waals surface area contributed by atoms with E-state index >= 15 is 0 Å². The Hall–Kier alpha value is -1.32. The van der Waals surface area contributed by atoms with Crippen molar-refractivity contribution in [3.8, 4) is 0 Å². The van der Waals surface area contributed by atoms with E-state index < -0.39 is 11.7 Å². The van der Waals surface area contributed by atoms with Crippen LogP contribution in [0.15, 0.2) is 35.5 Å². The molecule has 0 unspecified atom stereocenters. The van der Waals surface area contributed by atoms with Gasteiger partial charge in [0.1, 0.15) is 0 Å². The van der Waals surface area contributed by atoms with Gasteiger partial charge in [-0.3, -0.25) is 4.79 Å². The number of carbonyl (C=O) groups excluding carboxylic acids is 1. The highest BCUT2D eigenvalue weighted by Crippen LogP contribution is 2.25. The average molecular weight is 218 g/mol. The molecular weight excluding hydrogens is 205 g/mol. The standard InChI is InChI=1S/C11H13F3O/c1-7(2)10(9(4)15)6-5-8(3)11(12,13)14/h5-6H,1H2,2-4H3/b8-5+,10-6+. The normalized spacial score (nSPS) is 14.0. The van der Waals surface area contributed by atoms with E-state index in [4.69, 9.17) is 0 Å². The topological polar surface area (TPSA) is 17.1 Å². The maximum absolute atomic E-state index is 12.1. The zero-order valence-electron chi connectivity index (χ0n) is 8.90. The van der Waals surface area contributed by atoms with E-state index in [1.807, 2.05) is 0 Å². The van der Waals surface area contributed by atoms with Crippen LogP contribution in [-0.2, 0) is 4.79 Å². The van der Waals surface area contributed by atoms with Gasteiger partial charge in [0.25, 0.3) is 0 Å². The van der Waals surface area contributed by atoms with Crippen molar-refractivity contribution in [1.29, 1.82) is 0 Å². The highest BCUT2D eigenvalue weighted by atomic mass is 19.4. The van der Waals surface area contributed by atoms with E-state index in [2.05, 4.69) is 6.58 Å². The van der Waals surface area contributed by atoms with Gasteiger partial charge in [0.05, 0.1) is 0 Å². The Balaban J connectivity index is 5.05. The fourth-order valence-corrected chi connectivity index (χ4v) is 0.863. The molecular formula is C11H13F3O. The first kappa shape index (κ1) is 13.7. The third-order valence-electron chi connectivity index (χ3n) is 1.79.